The summed E-state index contributed by atoms with van der Waals surface area (Å²) < 4.78 is 10.2. The molecule has 0 spiro atoms. The number of carbonyl (C=O) groups excluding carboxylic acids is 2. The van der Waals surface area contributed by atoms with E-state index in [0.717, 1.165) is 27.7 Å². The second-order valence-corrected chi connectivity index (χ2v) is 8.56. The number of ether oxygens (including phenoxy) is 2. The third-order valence-corrected chi connectivity index (χ3v) is 6.28. The van der Waals surface area contributed by atoms with Gasteiger partial charge in [0, 0.05) is 29.7 Å². The number of carbonyl (C=O) groups is 2. The number of terminal acetylenes is 1. The highest BCUT2D eigenvalue weighted by Gasteiger charge is 2.40. The topological polar surface area (TPSA) is 93.7 Å². The van der Waals surface area contributed by atoms with E-state index in [0.29, 0.717) is 31.9 Å². The number of anilines is 2. The third-order valence-electron chi connectivity index (χ3n) is 6.28. The lowest BCUT2D eigenvalue weighted by atomic mass is 9.85. The van der Waals surface area contributed by atoms with Crippen LogP contribution in [0, 0.1) is 24.2 Å². The van der Waals surface area contributed by atoms with Crippen LogP contribution in [0.5, 0.6) is 0 Å². The summed E-state index contributed by atoms with van der Waals surface area (Å²) >= 11 is 0. The normalized spacial score (nSPS) is 17.7. The summed E-state index contributed by atoms with van der Waals surface area (Å²) in [6.07, 6.45) is 9.07. The Morgan fingerprint density at radius 2 is 2.06 bits per heavy atom. The van der Waals surface area contributed by atoms with E-state index in [4.69, 9.17) is 15.9 Å². The average Bonchev–Trinajstić information content (AvgIpc) is 2.91. The molecule has 1 N–H and O–H groups in total. The molecule has 1 aliphatic rings. The zero-order valence-electron chi connectivity index (χ0n) is 20.1. The van der Waals surface area contributed by atoms with Gasteiger partial charge in [-0.1, -0.05) is 36.8 Å². The number of esters is 2. The summed E-state index contributed by atoms with van der Waals surface area (Å²) in [7, 11) is 1.34. The molecule has 0 aliphatic carbocycles. The number of nitrogens with zero attached hydrogens (tertiary/aromatic N) is 3. The van der Waals surface area contributed by atoms with Crippen LogP contribution in [0.25, 0.3) is 10.9 Å². The molecule has 1 saturated heterocycles. The molecule has 1 aliphatic heterocycles. The highest BCUT2D eigenvalue weighted by molar-refractivity contribution is 5.93. The SMILES string of the molecule is C#Cc1cccc(Nc2ncnc3cccc(CN4CCC(C(=O)OCC=C)C(C(=O)OC)C4)c23)c1. The summed E-state index contributed by atoms with van der Waals surface area (Å²) in [4.78, 5) is 36.2. The average molecular weight is 485 g/mol. The number of piperidine rings is 1. The van der Waals surface area contributed by atoms with Crippen molar-refractivity contribution in [3.8, 4) is 12.3 Å². The molecule has 2 aromatic carbocycles. The number of benzene rings is 2. The quantitative estimate of drug-likeness (QED) is 0.294. The largest absolute Gasteiger partial charge is 0.469 e. The molecular formula is C28H28N4O4. The van der Waals surface area contributed by atoms with Crippen LogP contribution in [-0.2, 0) is 25.6 Å². The van der Waals surface area contributed by atoms with Gasteiger partial charge < -0.3 is 14.8 Å². The molecule has 184 valence electrons. The van der Waals surface area contributed by atoms with Gasteiger partial charge in [-0.25, -0.2) is 9.97 Å². The maximum absolute atomic E-state index is 12.6. The minimum atomic E-state index is -0.614. The Balaban J connectivity index is 1.59. The molecule has 8 nitrogen and oxygen atoms in total. The second kappa shape index (κ2) is 11.5. The Kier molecular flexibility index (Phi) is 7.93. The van der Waals surface area contributed by atoms with Gasteiger partial charge in [0.2, 0.25) is 0 Å². The van der Waals surface area contributed by atoms with Gasteiger partial charge in [0.05, 0.1) is 24.5 Å². The van der Waals surface area contributed by atoms with Gasteiger partial charge in [-0.05, 0) is 42.8 Å². The van der Waals surface area contributed by atoms with Gasteiger partial charge in [-0.2, -0.15) is 0 Å². The standard InChI is InChI=1S/C28H28N4O4/c1-4-14-36-28(34)22-12-13-32(17-23(22)27(33)35-3)16-20-9-7-11-24-25(20)26(30-18-29-24)31-21-10-6-8-19(5-2)15-21/h2,4,6-11,15,18,22-23H,1,12-14,16-17H2,3H3,(H,29,30,31). The van der Waals surface area contributed by atoms with Crippen molar-refractivity contribution in [3.63, 3.8) is 0 Å². The second-order valence-electron chi connectivity index (χ2n) is 8.56. The maximum Gasteiger partial charge on any atom is 0.310 e. The number of nitrogens with one attached hydrogen (secondary N) is 1. The number of methoxy groups -OCH3 is 1. The van der Waals surface area contributed by atoms with Crippen molar-refractivity contribution in [1.82, 2.24) is 14.9 Å². The van der Waals surface area contributed by atoms with E-state index in [2.05, 4.69) is 32.7 Å². The first-order valence-electron chi connectivity index (χ1n) is 11.7. The fourth-order valence-electron chi connectivity index (χ4n) is 4.56. The molecule has 0 bridgehead atoms. The van der Waals surface area contributed by atoms with Crippen molar-refractivity contribution >= 4 is 34.3 Å². The Morgan fingerprint density at radius 1 is 1.22 bits per heavy atom. The Morgan fingerprint density at radius 3 is 2.83 bits per heavy atom. The fraction of sp³-hybridized carbons (Fsp3) is 0.286. The molecule has 2 unspecified atom stereocenters. The van der Waals surface area contributed by atoms with E-state index < -0.39 is 23.8 Å². The van der Waals surface area contributed by atoms with E-state index in [1.54, 1.807) is 0 Å². The van der Waals surface area contributed by atoms with E-state index in [9.17, 15) is 9.59 Å². The number of aromatic nitrogens is 2. The molecular weight excluding hydrogens is 456 g/mol. The molecule has 2 heterocycles. The summed E-state index contributed by atoms with van der Waals surface area (Å²) in [5, 5.41) is 4.25. The summed E-state index contributed by atoms with van der Waals surface area (Å²) in [6.45, 7) is 5.23. The summed E-state index contributed by atoms with van der Waals surface area (Å²) in [5.74, 6) is 1.32. The van der Waals surface area contributed by atoms with Crippen molar-refractivity contribution < 1.29 is 19.1 Å². The van der Waals surface area contributed by atoms with Crippen LogP contribution in [0.1, 0.15) is 17.5 Å². The lowest BCUT2D eigenvalue weighted by molar-refractivity contribution is -0.162. The fourth-order valence-corrected chi connectivity index (χ4v) is 4.56. The van der Waals surface area contributed by atoms with Crippen LogP contribution in [0.2, 0.25) is 0 Å². The maximum atomic E-state index is 12.6. The predicted molar refractivity (Wildman–Crippen MR) is 137 cm³/mol. The van der Waals surface area contributed by atoms with Crippen LogP contribution in [0.15, 0.2) is 61.4 Å². The number of hydrogen-bond donors (Lipinski definition) is 1. The number of rotatable bonds is 8. The van der Waals surface area contributed by atoms with Gasteiger partial charge in [0.25, 0.3) is 0 Å². The Bertz CT molecular complexity index is 1310. The van der Waals surface area contributed by atoms with E-state index in [-0.39, 0.29) is 6.61 Å². The van der Waals surface area contributed by atoms with E-state index >= 15 is 0 Å². The molecule has 3 aromatic rings. The number of likely N-dealkylation sites (tertiary alicyclic amines) is 1. The minimum absolute atomic E-state index is 0.114. The lowest BCUT2D eigenvalue weighted by Crippen LogP contribution is -2.47. The lowest BCUT2D eigenvalue weighted by Gasteiger charge is -2.36. The van der Waals surface area contributed by atoms with Gasteiger partial charge in [0.15, 0.2) is 0 Å². The number of fused-ring (bicyclic) bond motifs is 1. The smallest absolute Gasteiger partial charge is 0.310 e. The van der Waals surface area contributed by atoms with Crippen LogP contribution in [0.4, 0.5) is 11.5 Å². The molecule has 1 aromatic heterocycles. The highest BCUT2D eigenvalue weighted by Crippen LogP contribution is 2.31. The first-order chi connectivity index (χ1) is 17.5. The molecule has 0 radical (unpaired) electrons. The summed E-state index contributed by atoms with van der Waals surface area (Å²) in [5.41, 5.74) is 3.39. The Labute approximate surface area is 210 Å². The molecule has 1 fully saturated rings. The van der Waals surface area contributed by atoms with Crippen molar-refractivity contribution in [3.05, 3.63) is 72.6 Å². The van der Waals surface area contributed by atoms with Crippen LogP contribution in [-0.4, -0.2) is 53.6 Å². The zero-order valence-corrected chi connectivity index (χ0v) is 20.1. The first-order valence-corrected chi connectivity index (χ1v) is 11.7. The van der Waals surface area contributed by atoms with Crippen molar-refractivity contribution in [2.45, 2.75) is 13.0 Å². The Hall–Kier alpha value is -4.22. The minimum Gasteiger partial charge on any atom is -0.469 e. The van der Waals surface area contributed by atoms with Crippen LogP contribution >= 0.6 is 0 Å². The molecule has 8 heteroatoms. The molecule has 0 amide bonds. The van der Waals surface area contributed by atoms with Gasteiger partial charge >= 0.3 is 11.9 Å². The van der Waals surface area contributed by atoms with Crippen molar-refractivity contribution in [2.24, 2.45) is 11.8 Å². The van der Waals surface area contributed by atoms with Crippen molar-refractivity contribution in [2.75, 3.05) is 32.1 Å². The molecule has 36 heavy (non-hydrogen) atoms. The monoisotopic (exact) mass is 484 g/mol. The molecule has 2 atom stereocenters. The molecule has 4 rings (SSSR count). The van der Waals surface area contributed by atoms with Gasteiger partial charge in [-0.15, -0.1) is 6.42 Å². The number of hydrogen-bond acceptors (Lipinski definition) is 8. The predicted octanol–water partition coefficient (Wildman–Crippen LogP) is 3.70. The highest BCUT2D eigenvalue weighted by atomic mass is 16.5. The summed E-state index contributed by atoms with van der Waals surface area (Å²) in [6, 6.07) is 13.5. The third kappa shape index (κ3) is 5.53. The molecule has 0 saturated carbocycles. The van der Waals surface area contributed by atoms with Gasteiger partial charge in [-0.3, -0.25) is 14.5 Å². The van der Waals surface area contributed by atoms with Crippen LogP contribution in [0.3, 0.4) is 0 Å². The van der Waals surface area contributed by atoms with Crippen molar-refractivity contribution in [1.29, 1.82) is 0 Å². The van der Waals surface area contributed by atoms with Crippen LogP contribution < -0.4 is 5.32 Å². The first kappa shape index (κ1) is 24.9. The van der Waals surface area contributed by atoms with Gasteiger partial charge in [0.1, 0.15) is 18.8 Å². The van der Waals surface area contributed by atoms with E-state index in [1.807, 2.05) is 42.5 Å². The van der Waals surface area contributed by atoms with E-state index in [1.165, 1.54) is 19.5 Å². The zero-order chi connectivity index (χ0) is 25.5.